The normalized spacial score (nSPS) is 11.5. The van der Waals surface area contributed by atoms with Crippen LogP contribution in [0, 0.1) is 0 Å². The van der Waals surface area contributed by atoms with Gasteiger partial charge in [-0.15, -0.1) is 0 Å². The van der Waals surface area contributed by atoms with E-state index in [1.54, 1.807) is 0 Å². The lowest BCUT2D eigenvalue weighted by atomic mass is 9.98. The first-order valence-corrected chi connectivity index (χ1v) is 23.6. The van der Waals surface area contributed by atoms with E-state index in [1.165, 1.54) is 55.2 Å². The van der Waals surface area contributed by atoms with Gasteiger partial charge in [0.2, 0.25) is 0 Å². The van der Waals surface area contributed by atoms with Crippen LogP contribution in [-0.4, -0.2) is 4.57 Å². The standard InChI is InChI=1S/C66H44N2O/c1-4-14-45(15-5-1)50-18-12-19-51(42-50)46-26-34-55(35-27-46)67(56-36-28-47(29-37-56)52-32-40-64-61(43-52)59-22-10-11-25-63(59)68(64)54-20-8-3-9-21-54)57-38-30-48(31-39-57)53-33-41-65-62(44-53)60-24-13-23-58(66(60)69-65)49-16-6-2-7-17-49/h1-44H. The molecule has 0 saturated heterocycles. The molecule has 0 unspecified atom stereocenters. The van der Waals surface area contributed by atoms with Gasteiger partial charge >= 0.3 is 0 Å². The molecular formula is C66H44N2O. The second kappa shape index (κ2) is 16.9. The first-order chi connectivity index (χ1) is 34.2. The number of hydrogen-bond donors (Lipinski definition) is 0. The number of anilines is 3. The molecule has 3 nitrogen and oxygen atoms in total. The molecule has 69 heavy (non-hydrogen) atoms. The molecule has 0 aliphatic carbocycles. The molecule has 2 aromatic heterocycles. The summed E-state index contributed by atoms with van der Waals surface area (Å²) in [5.41, 5.74) is 20.2. The highest BCUT2D eigenvalue weighted by Crippen LogP contribution is 2.41. The highest BCUT2D eigenvalue weighted by atomic mass is 16.3. The summed E-state index contributed by atoms with van der Waals surface area (Å²) in [6.45, 7) is 0. The second-order valence-corrected chi connectivity index (χ2v) is 17.7. The third-order valence-electron chi connectivity index (χ3n) is 13.6. The minimum Gasteiger partial charge on any atom is -0.455 e. The average Bonchev–Trinajstić information content (AvgIpc) is 3.98. The summed E-state index contributed by atoms with van der Waals surface area (Å²) in [5, 5.41) is 4.72. The van der Waals surface area contributed by atoms with Crippen LogP contribution in [0.25, 0.3) is 105 Å². The Morgan fingerprint density at radius 3 is 1.33 bits per heavy atom. The molecule has 2 heterocycles. The van der Waals surface area contributed by atoms with E-state index < -0.39 is 0 Å². The van der Waals surface area contributed by atoms with Gasteiger partial charge in [-0.05, 0) is 135 Å². The van der Waals surface area contributed by atoms with E-state index in [4.69, 9.17) is 4.42 Å². The van der Waals surface area contributed by atoms with E-state index in [-0.39, 0.29) is 0 Å². The Kier molecular flexibility index (Phi) is 9.84. The average molecular weight is 881 g/mol. The monoisotopic (exact) mass is 880 g/mol. The predicted molar refractivity (Wildman–Crippen MR) is 290 cm³/mol. The summed E-state index contributed by atoms with van der Waals surface area (Å²) < 4.78 is 8.89. The van der Waals surface area contributed by atoms with E-state index in [0.717, 1.165) is 66.9 Å². The van der Waals surface area contributed by atoms with E-state index in [1.807, 2.05) is 6.07 Å². The fourth-order valence-electron chi connectivity index (χ4n) is 10.2. The maximum atomic E-state index is 6.52. The van der Waals surface area contributed by atoms with Crippen LogP contribution in [0.15, 0.2) is 271 Å². The summed E-state index contributed by atoms with van der Waals surface area (Å²) in [7, 11) is 0. The largest absolute Gasteiger partial charge is 0.455 e. The summed E-state index contributed by atoms with van der Waals surface area (Å²) in [4.78, 5) is 2.35. The SMILES string of the molecule is c1ccc(-c2cccc(-c3ccc(N(c4ccc(-c5ccc6oc7c(-c8ccccc8)cccc7c6c5)cc4)c4ccc(-c5ccc6c(c5)c5ccccc5n6-c5ccccc5)cc4)cc3)c2)cc1. The molecule has 0 aliphatic heterocycles. The minimum atomic E-state index is 0.887. The first kappa shape index (κ1) is 40.1. The van der Waals surface area contributed by atoms with Gasteiger partial charge in [0, 0.05) is 49.9 Å². The molecule has 0 saturated carbocycles. The van der Waals surface area contributed by atoms with E-state index in [0.29, 0.717) is 0 Å². The molecule has 0 aliphatic rings. The van der Waals surface area contributed by atoms with Gasteiger partial charge in [0.15, 0.2) is 0 Å². The summed E-state index contributed by atoms with van der Waals surface area (Å²) in [5.74, 6) is 0. The Morgan fingerprint density at radius 1 is 0.275 bits per heavy atom. The molecule has 0 N–H and O–H groups in total. The molecule has 0 fully saturated rings. The molecule has 13 rings (SSSR count). The van der Waals surface area contributed by atoms with Crippen LogP contribution >= 0.6 is 0 Å². The zero-order chi connectivity index (χ0) is 45.7. The van der Waals surface area contributed by atoms with Gasteiger partial charge in [0.1, 0.15) is 11.2 Å². The van der Waals surface area contributed by atoms with Crippen LogP contribution in [0.2, 0.25) is 0 Å². The molecule has 0 bridgehead atoms. The van der Waals surface area contributed by atoms with E-state index in [2.05, 4.69) is 270 Å². The Hall–Kier alpha value is -9.18. The quantitative estimate of drug-likeness (QED) is 0.144. The number of rotatable bonds is 9. The number of furan rings is 1. The molecule has 0 amide bonds. The zero-order valence-corrected chi connectivity index (χ0v) is 37.7. The molecule has 11 aromatic carbocycles. The van der Waals surface area contributed by atoms with Crippen molar-refractivity contribution in [3.63, 3.8) is 0 Å². The summed E-state index contributed by atoms with van der Waals surface area (Å²) >= 11 is 0. The number of benzene rings is 11. The topological polar surface area (TPSA) is 21.3 Å². The van der Waals surface area contributed by atoms with Gasteiger partial charge < -0.3 is 13.9 Å². The maximum absolute atomic E-state index is 6.52. The van der Waals surface area contributed by atoms with Gasteiger partial charge in [0.05, 0.1) is 11.0 Å². The molecule has 3 heteroatoms. The molecular weight excluding hydrogens is 837 g/mol. The lowest BCUT2D eigenvalue weighted by Gasteiger charge is -2.26. The molecule has 324 valence electrons. The van der Waals surface area contributed by atoms with Crippen molar-refractivity contribution in [1.82, 2.24) is 4.57 Å². The molecule has 13 aromatic rings. The van der Waals surface area contributed by atoms with Crippen LogP contribution in [0.3, 0.4) is 0 Å². The number of hydrogen-bond acceptors (Lipinski definition) is 2. The Labute approximate surface area is 401 Å². The van der Waals surface area contributed by atoms with Crippen LogP contribution in [0.1, 0.15) is 0 Å². The van der Waals surface area contributed by atoms with Crippen molar-refractivity contribution >= 4 is 60.8 Å². The third-order valence-corrected chi connectivity index (χ3v) is 13.6. The number of aromatic nitrogens is 1. The van der Waals surface area contributed by atoms with Crippen molar-refractivity contribution in [2.45, 2.75) is 0 Å². The highest BCUT2D eigenvalue weighted by molar-refractivity contribution is 6.11. The fourth-order valence-corrected chi connectivity index (χ4v) is 10.2. The van der Waals surface area contributed by atoms with Crippen LogP contribution in [0.5, 0.6) is 0 Å². The molecule has 0 atom stereocenters. The van der Waals surface area contributed by atoms with Crippen LogP contribution in [0.4, 0.5) is 17.1 Å². The Balaban J connectivity index is 0.867. The first-order valence-electron chi connectivity index (χ1n) is 23.6. The van der Waals surface area contributed by atoms with Gasteiger partial charge in [0.25, 0.3) is 0 Å². The van der Waals surface area contributed by atoms with Gasteiger partial charge in [-0.2, -0.15) is 0 Å². The van der Waals surface area contributed by atoms with E-state index >= 15 is 0 Å². The fraction of sp³-hybridized carbons (Fsp3) is 0. The summed E-state index contributed by atoms with van der Waals surface area (Å²) in [6, 6.07) is 96.0. The van der Waals surface area contributed by atoms with Crippen molar-refractivity contribution in [1.29, 1.82) is 0 Å². The van der Waals surface area contributed by atoms with Gasteiger partial charge in [-0.1, -0.05) is 182 Å². The smallest absolute Gasteiger partial charge is 0.143 e. The molecule has 0 radical (unpaired) electrons. The minimum absolute atomic E-state index is 0.887. The second-order valence-electron chi connectivity index (χ2n) is 17.7. The molecule has 0 spiro atoms. The van der Waals surface area contributed by atoms with Gasteiger partial charge in [-0.25, -0.2) is 0 Å². The number of para-hydroxylation sites is 3. The van der Waals surface area contributed by atoms with Crippen molar-refractivity contribution in [3.05, 3.63) is 267 Å². The van der Waals surface area contributed by atoms with Crippen molar-refractivity contribution in [3.8, 4) is 61.3 Å². The third kappa shape index (κ3) is 7.25. The number of fused-ring (bicyclic) bond motifs is 6. The predicted octanol–water partition coefficient (Wildman–Crippen LogP) is 18.5. The van der Waals surface area contributed by atoms with Crippen LogP contribution < -0.4 is 4.90 Å². The van der Waals surface area contributed by atoms with E-state index in [9.17, 15) is 0 Å². The maximum Gasteiger partial charge on any atom is 0.143 e. The van der Waals surface area contributed by atoms with Crippen molar-refractivity contribution in [2.24, 2.45) is 0 Å². The lowest BCUT2D eigenvalue weighted by molar-refractivity contribution is 0.670. The summed E-state index contributed by atoms with van der Waals surface area (Å²) in [6.07, 6.45) is 0. The van der Waals surface area contributed by atoms with Crippen LogP contribution in [-0.2, 0) is 0 Å². The highest BCUT2D eigenvalue weighted by Gasteiger charge is 2.18. The lowest BCUT2D eigenvalue weighted by Crippen LogP contribution is -2.09. The van der Waals surface area contributed by atoms with Crippen molar-refractivity contribution in [2.75, 3.05) is 4.90 Å². The Bertz CT molecular complexity index is 3960. The van der Waals surface area contributed by atoms with Crippen molar-refractivity contribution < 1.29 is 4.42 Å². The Morgan fingerprint density at radius 2 is 0.710 bits per heavy atom. The zero-order valence-electron chi connectivity index (χ0n) is 37.7. The van der Waals surface area contributed by atoms with Gasteiger partial charge in [-0.3, -0.25) is 0 Å². The number of nitrogens with zero attached hydrogens (tertiary/aromatic N) is 2.